The molecule has 1 saturated heterocycles. The molecule has 4 heterocycles. The normalized spacial score (nSPS) is 15.4. The van der Waals surface area contributed by atoms with Crippen LogP contribution >= 0.6 is 22.7 Å². The van der Waals surface area contributed by atoms with Crippen LogP contribution in [0, 0.1) is 0 Å². The second-order valence-electron chi connectivity index (χ2n) is 8.48. The van der Waals surface area contributed by atoms with Gasteiger partial charge in [-0.25, -0.2) is 13.4 Å². The summed E-state index contributed by atoms with van der Waals surface area (Å²) in [7, 11) is -3.64. The van der Waals surface area contributed by atoms with Crippen molar-refractivity contribution in [2.24, 2.45) is 0 Å². The van der Waals surface area contributed by atoms with Crippen LogP contribution < -0.4 is 4.72 Å². The van der Waals surface area contributed by atoms with Crippen LogP contribution in [0.1, 0.15) is 11.8 Å². The van der Waals surface area contributed by atoms with Gasteiger partial charge in [0.05, 0.1) is 30.0 Å². The summed E-state index contributed by atoms with van der Waals surface area (Å²) in [5.41, 5.74) is 2.08. The molecule has 0 radical (unpaired) electrons. The van der Waals surface area contributed by atoms with E-state index in [-0.39, 0.29) is 10.2 Å². The van der Waals surface area contributed by atoms with Gasteiger partial charge < -0.3 is 9.72 Å². The van der Waals surface area contributed by atoms with Crippen molar-refractivity contribution in [3.8, 4) is 10.7 Å². The van der Waals surface area contributed by atoms with Gasteiger partial charge in [-0.05, 0) is 30.5 Å². The molecule has 1 aliphatic heterocycles. The Balaban J connectivity index is 1.25. The predicted octanol–water partition coefficient (Wildman–Crippen LogP) is 3.83. The third-order valence-electron chi connectivity index (χ3n) is 5.95. The summed E-state index contributed by atoms with van der Waals surface area (Å²) in [6, 6.07) is 10.8. The number of hydrogen-bond acceptors (Lipinski definition) is 9. The van der Waals surface area contributed by atoms with E-state index >= 15 is 0 Å². The fourth-order valence-corrected chi connectivity index (χ4v) is 7.18. The highest BCUT2D eigenvalue weighted by atomic mass is 32.2. The summed E-state index contributed by atoms with van der Waals surface area (Å²) >= 11 is 2.80. The van der Waals surface area contributed by atoms with Crippen LogP contribution in [0.4, 0.5) is 5.69 Å². The number of piperazine rings is 1. The Morgan fingerprint density at radius 1 is 1.17 bits per heavy atom. The molecule has 9 nitrogen and oxygen atoms in total. The van der Waals surface area contributed by atoms with Crippen molar-refractivity contribution in [2.45, 2.75) is 17.7 Å². The van der Waals surface area contributed by atoms with E-state index in [0.29, 0.717) is 18.8 Å². The molecule has 0 amide bonds. The molecule has 0 unspecified atom stereocenters. The van der Waals surface area contributed by atoms with Crippen molar-refractivity contribution < 1.29 is 17.9 Å². The second-order valence-corrected chi connectivity index (χ2v) is 12.5. The van der Waals surface area contributed by atoms with E-state index in [4.69, 9.17) is 4.74 Å². The number of benzene rings is 1. The van der Waals surface area contributed by atoms with Crippen LogP contribution in [-0.2, 0) is 26.1 Å². The van der Waals surface area contributed by atoms with Gasteiger partial charge in [0.15, 0.2) is 0 Å². The lowest BCUT2D eigenvalue weighted by Gasteiger charge is -2.33. The Morgan fingerprint density at radius 3 is 2.72 bits per heavy atom. The van der Waals surface area contributed by atoms with E-state index < -0.39 is 10.0 Å². The Bertz CT molecular complexity index is 1440. The highest BCUT2D eigenvalue weighted by molar-refractivity contribution is 7.94. The van der Waals surface area contributed by atoms with Gasteiger partial charge in [-0.3, -0.25) is 19.3 Å². The molecule has 5 rings (SSSR count). The number of carbonyl (C=O) groups excluding carboxylic acids is 1. The van der Waals surface area contributed by atoms with Crippen molar-refractivity contribution in [1.29, 1.82) is 0 Å². The van der Waals surface area contributed by atoms with E-state index in [1.54, 1.807) is 34.9 Å². The molecule has 190 valence electrons. The molecule has 36 heavy (non-hydrogen) atoms. The van der Waals surface area contributed by atoms with Gasteiger partial charge >= 0.3 is 5.97 Å². The van der Waals surface area contributed by atoms with E-state index in [9.17, 15) is 13.2 Å². The number of carbonyl (C=O) groups is 1. The van der Waals surface area contributed by atoms with Gasteiger partial charge in [0.25, 0.3) is 10.0 Å². The minimum absolute atomic E-state index is 0.168. The summed E-state index contributed by atoms with van der Waals surface area (Å²) in [6.45, 7) is 6.80. The number of H-pyrrole nitrogens is 1. The average Bonchev–Trinajstić information content (AvgIpc) is 3.61. The molecule has 1 aromatic carbocycles. The molecule has 4 aromatic rings. The molecular weight excluding hydrogens is 518 g/mol. The zero-order chi connectivity index (χ0) is 25.1. The Labute approximate surface area is 217 Å². The van der Waals surface area contributed by atoms with Crippen molar-refractivity contribution in [3.05, 3.63) is 52.9 Å². The Hall–Kier alpha value is -2.77. The number of hydrogen-bond donors (Lipinski definition) is 2. The lowest BCUT2D eigenvalue weighted by Crippen LogP contribution is -2.47. The molecular formula is C24H27N5O4S3. The minimum Gasteiger partial charge on any atom is -0.465 e. The van der Waals surface area contributed by atoms with E-state index in [1.165, 1.54) is 11.3 Å². The highest BCUT2D eigenvalue weighted by Gasteiger charge is 2.21. The van der Waals surface area contributed by atoms with E-state index in [0.717, 1.165) is 59.2 Å². The monoisotopic (exact) mass is 545 g/mol. The summed E-state index contributed by atoms with van der Waals surface area (Å²) in [5, 5.41) is 3.51. The number of aromatic amines is 1. The Kier molecular flexibility index (Phi) is 7.39. The van der Waals surface area contributed by atoms with Gasteiger partial charge in [-0.2, -0.15) is 0 Å². The number of aromatic nitrogens is 2. The number of fused-ring (bicyclic) bond motifs is 1. The SMILES string of the molecule is CCOC(=O)CN1CCN(Cc2cnc(-c3cc4cccc(NS(=O)(=O)c5cccs5)c4[nH]3)s2)CC1. The number of nitrogens with one attached hydrogen (secondary N) is 2. The van der Waals surface area contributed by atoms with E-state index in [1.807, 2.05) is 31.3 Å². The van der Waals surface area contributed by atoms with Crippen LogP contribution in [0.2, 0.25) is 0 Å². The standard InChI is InChI=1S/C24H27N5O4S3/c1-2-33-21(30)16-29-10-8-28(9-11-29)15-18-14-25-24(35-18)20-13-17-5-3-6-19(23(17)26-20)27-36(31,32)22-7-4-12-34-22/h3-7,12-14,26-27H,2,8-11,15-16H2,1H3. The summed E-state index contributed by atoms with van der Waals surface area (Å²) < 4.78 is 33.5. The number of ether oxygens (including phenoxy) is 1. The largest absolute Gasteiger partial charge is 0.465 e. The number of sulfonamides is 1. The van der Waals surface area contributed by atoms with Gasteiger partial charge in [-0.15, -0.1) is 22.7 Å². The number of thiazole rings is 1. The van der Waals surface area contributed by atoms with Gasteiger partial charge in [0.2, 0.25) is 0 Å². The van der Waals surface area contributed by atoms with Crippen molar-refractivity contribution in [1.82, 2.24) is 19.8 Å². The highest BCUT2D eigenvalue weighted by Crippen LogP contribution is 2.32. The zero-order valence-electron chi connectivity index (χ0n) is 19.8. The van der Waals surface area contributed by atoms with Crippen LogP contribution in [0.5, 0.6) is 0 Å². The Morgan fingerprint density at radius 2 is 1.97 bits per heavy atom. The summed E-state index contributed by atoms with van der Waals surface area (Å²) in [5.74, 6) is -0.168. The first-order chi connectivity index (χ1) is 17.4. The third kappa shape index (κ3) is 5.62. The van der Waals surface area contributed by atoms with Gasteiger partial charge in [0.1, 0.15) is 9.22 Å². The first-order valence-electron chi connectivity index (χ1n) is 11.6. The number of thiophene rings is 1. The maximum absolute atomic E-state index is 12.7. The maximum Gasteiger partial charge on any atom is 0.320 e. The van der Waals surface area contributed by atoms with Gasteiger partial charge in [-0.1, -0.05) is 18.2 Å². The number of anilines is 1. The molecule has 0 atom stereocenters. The topological polar surface area (TPSA) is 108 Å². The summed E-state index contributed by atoms with van der Waals surface area (Å²) in [4.78, 5) is 25.3. The minimum atomic E-state index is -3.64. The molecule has 0 spiro atoms. The number of rotatable bonds is 9. The van der Waals surface area contributed by atoms with Crippen molar-refractivity contribution in [3.63, 3.8) is 0 Å². The quantitative estimate of drug-likeness (QED) is 0.308. The molecule has 0 bridgehead atoms. The maximum atomic E-state index is 12.7. The zero-order valence-corrected chi connectivity index (χ0v) is 22.2. The molecule has 12 heteroatoms. The lowest BCUT2D eigenvalue weighted by molar-refractivity contribution is -0.144. The van der Waals surface area contributed by atoms with Crippen LogP contribution in [-0.4, -0.2) is 73.5 Å². The van der Waals surface area contributed by atoms with E-state index in [2.05, 4.69) is 24.5 Å². The third-order valence-corrected chi connectivity index (χ3v) is 9.73. The summed E-state index contributed by atoms with van der Waals surface area (Å²) in [6.07, 6.45) is 1.90. The molecule has 0 saturated carbocycles. The number of nitrogens with zero attached hydrogens (tertiary/aromatic N) is 3. The van der Waals surface area contributed by atoms with Gasteiger partial charge in [0, 0.05) is 49.2 Å². The second kappa shape index (κ2) is 10.7. The molecule has 1 aliphatic rings. The first-order valence-corrected chi connectivity index (χ1v) is 14.8. The molecule has 3 aromatic heterocycles. The molecule has 0 aliphatic carbocycles. The molecule has 2 N–H and O–H groups in total. The predicted molar refractivity (Wildman–Crippen MR) is 143 cm³/mol. The number of para-hydroxylation sites is 1. The molecule has 1 fully saturated rings. The smallest absolute Gasteiger partial charge is 0.320 e. The fraction of sp³-hybridized carbons (Fsp3) is 0.333. The van der Waals surface area contributed by atoms with Crippen LogP contribution in [0.3, 0.4) is 0 Å². The average molecular weight is 546 g/mol. The van der Waals surface area contributed by atoms with Crippen LogP contribution in [0.25, 0.3) is 21.6 Å². The number of esters is 1. The first kappa shape index (κ1) is 24.9. The lowest BCUT2D eigenvalue weighted by atomic mass is 10.2. The van der Waals surface area contributed by atoms with Crippen LogP contribution in [0.15, 0.2) is 52.2 Å². The van der Waals surface area contributed by atoms with Crippen molar-refractivity contribution >= 4 is 55.3 Å². The fourth-order valence-electron chi connectivity index (χ4n) is 4.19. The van der Waals surface area contributed by atoms with Crippen molar-refractivity contribution in [2.75, 3.05) is 44.1 Å².